The predicted octanol–water partition coefficient (Wildman–Crippen LogP) is 3.89. The quantitative estimate of drug-likeness (QED) is 0.333. The molecule has 0 bridgehead atoms. The number of anilines is 1. The molecule has 1 aliphatic carbocycles. The molecule has 0 unspecified atom stereocenters. The van der Waals surface area contributed by atoms with Gasteiger partial charge in [0.2, 0.25) is 6.79 Å². The highest BCUT2D eigenvalue weighted by atomic mass is 32.2. The van der Waals surface area contributed by atoms with Gasteiger partial charge in [-0.2, -0.15) is 0 Å². The Morgan fingerprint density at radius 1 is 1.02 bits per heavy atom. The molecule has 1 amide bonds. The van der Waals surface area contributed by atoms with Gasteiger partial charge in [-0.1, -0.05) is 49.0 Å². The monoisotopic (exact) mass is 575 g/mol. The second-order valence-electron chi connectivity index (χ2n) is 10.5. The molecule has 7 rings (SSSR count). The lowest BCUT2D eigenvalue weighted by Crippen LogP contribution is -2.47. The van der Waals surface area contributed by atoms with E-state index in [0.717, 1.165) is 56.8 Å². The molecule has 5 heterocycles. The first-order valence-corrected chi connectivity index (χ1v) is 14.9. The Balaban J connectivity index is 1.16. The van der Waals surface area contributed by atoms with E-state index in [0.29, 0.717) is 39.3 Å². The Labute approximate surface area is 241 Å². The molecule has 4 aliphatic rings. The first-order valence-electron chi connectivity index (χ1n) is 13.7. The maximum Gasteiger partial charge on any atom is 0.267 e. The summed E-state index contributed by atoms with van der Waals surface area (Å²) >= 11 is 6.90. The van der Waals surface area contributed by atoms with Crippen molar-refractivity contribution in [2.75, 3.05) is 37.9 Å². The van der Waals surface area contributed by atoms with Crippen molar-refractivity contribution in [1.29, 1.82) is 0 Å². The average molecular weight is 576 g/mol. The summed E-state index contributed by atoms with van der Waals surface area (Å²) in [5.41, 5.74) is 2.00. The lowest BCUT2D eigenvalue weighted by molar-refractivity contribution is -0.123. The number of benzene rings is 1. The Hall–Kier alpha value is -3.41. The zero-order chi connectivity index (χ0) is 27.2. The van der Waals surface area contributed by atoms with Crippen LogP contribution in [0, 0.1) is 0 Å². The van der Waals surface area contributed by atoms with Crippen molar-refractivity contribution in [3.8, 4) is 11.5 Å². The standard InChI is InChI=1S/C29H29N5O4S2/c35-27-21(16-24-28(36)34(29(39)40-24)20-5-1-2-6-20)26(30-25-7-3-4-10-33(25)27)32-13-11-31(12-14-32)17-19-8-9-22-23(15-19)38-18-37-22/h3-4,7-10,15-16,20H,1-2,5-6,11-14,17-18H2/b24-16+. The van der Waals surface area contributed by atoms with Crippen molar-refractivity contribution in [3.63, 3.8) is 0 Å². The topological polar surface area (TPSA) is 79.6 Å². The third-order valence-corrected chi connectivity index (χ3v) is 9.38. The van der Waals surface area contributed by atoms with Gasteiger partial charge in [0.1, 0.15) is 15.8 Å². The van der Waals surface area contributed by atoms with E-state index < -0.39 is 0 Å². The van der Waals surface area contributed by atoms with E-state index >= 15 is 0 Å². The Bertz CT molecular complexity index is 1590. The highest BCUT2D eigenvalue weighted by Gasteiger charge is 2.38. The van der Waals surface area contributed by atoms with Crippen molar-refractivity contribution < 1.29 is 14.3 Å². The van der Waals surface area contributed by atoms with Gasteiger partial charge in [0.25, 0.3) is 11.5 Å². The third-order valence-electron chi connectivity index (χ3n) is 8.05. The molecule has 0 atom stereocenters. The van der Waals surface area contributed by atoms with Crippen LogP contribution in [0.5, 0.6) is 11.5 Å². The minimum absolute atomic E-state index is 0.0982. The fourth-order valence-corrected chi connectivity index (χ4v) is 7.34. The van der Waals surface area contributed by atoms with Gasteiger partial charge in [-0.15, -0.1) is 0 Å². The smallest absolute Gasteiger partial charge is 0.267 e. The van der Waals surface area contributed by atoms with Gasteiger partial charge in [-0.05, 0) is 48.7 Å². The van der Waals surface area contributed by atoms with Crippen molar-refractivity contribution in [2.45, 2.75) is 38.3 Å². The number of carbonyl (C=O) groups is 1. The average Bonchev–Trinajstić information content (AvgIpc) is 3.72. The number of fused-ring (bicyclic) bond motifs is 2. The highest BCUT2D eigenvalue weighted by Crippen LogP contribution is 2.38. The summed E-state index contributed by atoms with van der Waals surface area (Å²) in [6.07, 6.45) is 7.61. The summed E-state index contributed by atoms with van der Waals surface area (Å²) in [6, 6.07) is 11.8. The van der Waals surface area contributed by atoms with Crippen LogP contribution < -0.4 is 19.9 Å². The summed E-state index contributed by atoms with van der Waals surface area (Å²) in [6.45, 7) is 4.12. The van der Waals surface area contributed by atoms with Crippen molar-refractivity contribution in [3.05, 3.63) is 69.0 Å². The molecule has 1 saturated carbocycles. The van der Waals surface area contributed by atoms with Crippen molar-refractivity contribution >= 4 is 51.7 Å². The van der Waals surface area contributed by atoms with Crippen LogP contribution in [0.3, 0.4) is 0 Å². The number of hydrogen-bond donors (Lipinski definition) is 0. The first-order chi connectivity index (χ1) is 19.5. The molecule has 0 spiro atoms. The number of amides is 1. The van der Waals surface area contributed by atoms with Crippen molar-refractivity contribution in [2.24, 2.45) is 0 Å². The van der Waals surface area contributed by atoms with Crippen LogP contribution >= 0.6 is 24.0 Å². The van der Waals surface area contributed by atoms with Crippen LogP contribution in [-0.4, -0.2) is 68.4 Å². The summed E-state index contributed by atoms with van der Waals surface area (Å²) in [4.78, 5) is 38.9. The number of hydrogen-bond acceptors (Lipinski definition) is 9. The first kappa shape index (κ1) is 25.6. The minimum Gasteiger partial charge on any atom is -0.454 e. The second kappa shape index (κ2) is 10.5. The Morgan fingerprint density at radius 2 is 1.82 bits per heavy atom. The summed E-state index contributed by atoms with van der Waals surface area (Å²) in [7, 11) is 0. The molecule has 0 N–H and O–H groups in total. The number of thioether (sulfide) groups is 1. The number of pyridine rings is 1. The van der Waals surface area contributed by atoms with Gasteiger partial charge in [-0.25, -0.2) is 4.98 Å². The van der Waals surface area contributed by atoms with E-state index in [4.69, 9.17) is 26.7 Å². The zero-order valence-corrected chi connectivity index (χ0v) is 23.6. The number of aromatic nitrogens is 2. The third kappa shape index (κ3) is 4.65. The van der Waals surface area contributed by atoms with Crippen LogP contribution in [0.25, 0.3) is 11.7 Å². The van der Waals surface area contributed by atoms with E-state index in [2.05, 4.69) is 15.9 Å². The van der Waals surface area contributed by atoms with Gasteiger partial charge in [0.15, 0.2) is 11.5 Å². The van der Waals surface area contributed by atoms with E-state index in [1.165, 1.54) is 17.3 Å². The molecule has 11 heteroatoms. The predicted molar refractivity (Wildman–Crippen MR) is 159 cm³/mol. The van der Waals surface area contributed by atoms with Crippen LogP contribution in [-0.2, 0) is 11.3 Å². The maximum atomic E-state index is 13.8. The summed E-state index contributed by atoms with van der Waals surface area (Å²) in [5.74, 6) is 2.10. The Morgan fingerprint density at radius 3 is 2.65 bits per heavy atom. The zero-order valence-electron chi connectivity index (χ0n) is 22.0. The second-order valence-corrected chi connectivity index (χ2v) is 12.2. The summed E-state index contributed by atoms with van der Waals surface area (Å²) in [5, 5.41) is 0. The van der Waals surface area contributed by atoms with Gasteiger partial charge in [0.05, 0.1) is 10.5 Å². The molecular weight excluding hydrogens is 546 g/mol. The van der Waals surface area contributed by atoms with Gasteiger partial charge >= 0.3 is 0 Å². The van der Waals surface area contributed by atoms with Crippen molar-refractivity contribution in [1.82, 2.24) is 19.2 Å². The van der Waals surface area contributed by atoms with Gasteiger partial charge in [-0.3, -0.25) is 23.8 Å². The lowest BCUT2D eigenvalue weighted by Gasteiger charge is -2.36. The molecule has 9 nitrogen and oxygen atoms in total. The number of rotatable bonds is 5. The highest BCUT2D eigenvalue weighted by molar-refractivity contribution is 8.26. The van der Waals surface area contributed by atoms with E-state index in [1.54, 1.807) is 21.6 Å². The number of ether oxygens (including phenoxy) is 2. The molecule has 206 valence electrons. The molecule has 3 aliphatic heterocycles. The van der Waals surface area contributed by atoms with Crippen LogP contribution in [0.1, 0.15) is 36.8 Å². The molecule has 3 aromatic rings. The number of piperazine rings is 1. The number of carbonyl (C=O) groups excluding carboxylic acids is 1. The van der Waals surface area contributed by atoms with Gasteiger partial charge in [0, 0.05) is 45.0 Å². The fourth-order valence-electron chi connectivity index (χ4n) is 5.96. The van der Waals surface area contributed by atoms with Crippen LogP contribution in [0.4, 0.5) is 5.82 Å². The normalized spacial score (nSPS) is 20.9. The number of nitrogens with zero attached hydrogens (tertiary/aromatic N) is 5. The van der Waals surface area contributed by atoms with Crippen LogP contribution in [0.15, 0.2) is 52.3 Å². The molecule has 2 aromatic heterocycles. The Kier molecular flexibility index (Phi) is 6.73. The van der Waals surface area contributed by atoms with E-state index in [9.17, 15) is 9.59 Å². The fraction of sp³-hybridized carbons (Fsp3) is 0.379. The molecule has 0 radical (unpaired) electrons. The van der Waals surface area contributed by atoms with E-state index in [1.807, 2.05) is 30.3 Å². The SMILES string of the molecule is O=C1/C(=C\c2c(N3CCN(Cc4ccc5c(c4)OCO5)CC3)nc3ccccn3c2=O)SC(=S)N1C1CCCC1. The lowest BCUT2D eigenvalue weighted by atomic mass is 10.1. The van der Waals surface area contributed by atoms with Crippen LogP contribution in [0.2, 0.25) is 0 Å². The molecule has 3 fully saturated rings. The maximum absolute atomic E-state index is 13.8. The van der Waals surface area contributed by atoms with E-state index in [-0.39, 0.29) is 24.3 Å². The molecule has 2 saturated heterocycles. The largest absolute Gasteiger partial charge is 0.454 e. The number of thiocarbonyl (C=S) groups is 1. The molecule has 40 heavy (non-hydrogen) atoms. The minimum atomic E-state index is -0.186. The van der Waals surface area contributed by atoms with Gasteiger partial charge < -0.3 is 14.4 Å². The molecular formula is C29H29N5O4S2. The summed E-state index contributed by atoms with van der Waals surface area (Å²) < 4.78 is 13.1. The molecule has 1 aromatic carbocycles.